The van der Waals surface area contributed by atoms with Crippen LogP contribution in [0.4, 0.5) is 0 Å². The maximum atomic E-state index is 3.67. The molecule has 19 heavy (non-hydrogen) atoms. The maximum Gasteiger partial charge on any atom is 0.0220 e. The molecule has 1 saturated heterocycles. The Balaban J connectivity index is 1.87. The lowest BCUT2D eigenvalue weighted by atomic mass is 10.0. The van der Waals surface area contributed by atoms with Crippen molar-refractivity contribution < 1.29 is 0 Å². The molecule has 1 heterocycles. The summed E-state index contributed by atoms with van der Waals surface area (Å²) in [5.74, 6) is 0.581. The van der Waals surface area contributed by atoms with E-state index in [1.165, 1.54) is 31.5 Å². The molecule has 0 bridgehead atoms. The van der Waals surface area contributed by atoms with Crippen LogP contribution in [-0.2, 0) is 0 Å². The summed E-state index contributed by atoms with van der Waals surface area (Å²) in [7, 11) is 4.51. The fourth-order valence-corrected chi connectivity index (χ4v) is 3.57. The number of halogens is 1. The summed E-state index contributed by atoms with van der Waals surface area (Å²) in [6, 6.07) is 11.6. The van der Waals surface area contributed by atoms with Crippen molar-refractivity contribution in [3.05, 3.63) is 35.9 Å². The molecule has 3 heteroatoms. The summed E-state index contributed by atoms with van der Waals surface area (Å²) in [6.07, 6.45) is 2.71. The van der Waals surface area contributed by atoms with E-state index in [4.69, 9.17) is 0 Å². The molecule has 1 fully saturated rings. The Morgan fingerprint density at radius 2 is 2.11 bits per heavy atom. The van der Waals surface area contributed by atoms with Gasteiger partial charge in [-0.1, -0.05) is 46.3 Å². The molecule has 0 radical (unpaired) electrons. The second-order valence-corrected chi connectivity index (χ2v) is 6.41. The van der Waals surface area contributed by atoms with Crippen LogP contribution in [0, 0.1) is 0 Å². The lowest BCUT2D eigenvalue weighted by molar-refractivity contribution is 0.215. The SMILES string of the molecule is CN(CC(CBr)c1ccccc1)CC1CCCN1C. The van der Waals surface area contributed by atoms with Gasteiger partial charge in [0.2, 0.25) is 0 Å². The van der Waals surface area contributed by atoms with Crippen LogP contribution < -0.4 is 0 Å². The zero-order valence-electron chi connectivity index (χ0n) is 12.1. The van der Waals surface area contributed by atoms with Crippen molar-refractivity contribution in [1.82, 2.24) is 9.80 Å². The molecule has 2 unspecified atom stereocenters. The highest BCUT2D eigenvalue weighted by Gasteiger charge is 2.23. The smallest absolute Gasteiger partial charge is 0.0220 e. The highest BCUT2D eigenvalue weighted by Crippen LogP contribution is 2.21. The predicted octanol–water partition coefficient (Wildman–Crippen LogP) is 3.19. The zero-order valence-corrected chi connectivity index (χ0v) is 13.6. The second-order valence-electron chi connectivity index (χ2n) is 5.76. The first kappa shape index (κ1) is 15.0. The van der Waals surface area contributed by atoms with E-state index in [0.717, 1.165) is 17.9 Å². The topological polar surface area (TPSA) is 6.48 Å². The van der Waals surface area contributed by atoms with Gasteiger partial charge in [0.1, 0.15) is 0 Å². The molecule has 0 saturated carbocycles. The molecule has 106 valence electrons. The van der Waals surface area contributed by atoms with Gasteiger partial charge in [0, 0.05) is 30.4 Å². The fourth-order valence-electron chi connectivity index (χ4n) is 2.99. The van der Waals surface area contributed by atoms with Crippen molar-refractivity contribution >= 4 is 15.9 Å². The highest BCUT2D eigenvalue weighted by atomic mass is 79.9. The standard InChI is InChI=1S/C16H25BrN2/c1-18(13-16-9-6-10-19(16)2)12-15(11-17)14-7-4-3-5-8-14/h3-5,7-8,15-16H,6,9-13H2,1-2H3. The number of alkyl halides is 1. The minimum atomic E-state index is 0.581. The van der Waals surface area contributed by atoms with Crippen molar-refractivity contribution in [1.29, 1.82) is 0 Å². The van der Waals surface area contributed by atoms with Crippen LogP contribution in [0.15, 0.2) is 30.3 Å². The van der Waals surface area contributed by atoms with Gasteiger partial charge in [0.15, 0.2) is 0 Å². The van der Waals surface area contributed by atoms with E-state index in [1.807, 2.05) is 0 Å². The molecule has 0 aliphatic carbocycles. The molecule has 1 aliphatic heterocycles. The number of hydrogen-bond donors (Lipinski definition) is 0. The zero-order chi connectivity index (χ0) is 13.7. The van der Waals surface area contributed by atoms with Gasteiger partial charge >= 0.3 is 0 Å². The summed E-state index contributed by atoms with van der Waals surface area (Å²) >= 11 is 3.67. The predicted molar refractivity (Wildman–Crippen MR) is 86.1 cm³/mol. The Morgan fingerprint density at radius 1 is 1.37 bits per heavy atom. The minimum Gasteiger partial charge on any atom is -0.304 e. The van der Waals surface area contributed by atoms with Crippen molar-refractivity contribution in [2.24, 2.45) is 0 Å². The van der Waals surface area contributed by atoms with E-state index in [1.54, 1.807) is 0 Å². The average Bonchev–Trinajstić information content (AvgIpc) is 2.82. The molecule has 1 aliphatic rings. The normalized spacial score (nSPS) is 22.0. The van der Waals surface area contributed by atoms with E-state index >= 15 is 0 Å². The maximum absolute atomic E-state index is 3.67. The van der Waals surface area contributed by atoms with Gasteiger partial charge in [0.05, 0.1) is 0 Å². The Labute approximate surface area is 125 Å². The van der Waals surface area contributed by atoms with E-state index in [2.05, 4.69) is 70.2 Å². The Kier molecular flexibility index (Phi) is 5.86. The molecule has 1 aromatic rings. The third kappa shape index (κ3) is 4.30. The number of likely N-dealkylation sites (tertiary alicyclic amines) is 1. The van der Waals surface area contributed by atoms with Crippen LogP contribution in [0.1, 0.15) is 24.3 Å². The minimum absolute atomic E-state index is 0.581. The van der Waals surface area contributed by atoms with Crippen molar-refractivity contribution in [3.8, 4) is 0 Å². The highest BCUT2D eigenvalue weighted by molar-refractivity contribution is 9.09. The summed E-state index contributed by atoms with van der Waals surface area (Å²) in [4.78, 5) is 4.99. The molecule has 2 rings (SSSR count). The van der Waals surface area contributed by atoms with E-state index in [-0.39, 0.29) is 0 Å². The molecular weight excluding hydrogens is 300 g/mol. The van der Waals surface area contributed by atoms with Gasteiger partial charge in [-0.2, -0.15) is 0 Å². The van der Waals surface area contributed by atoms with Crippen LogP contribution in [0.5, 0.6) is 0 Å². The van der Waals surface area contributed by atoms with Gasteiger partial charge in [-0.15, -0.1) is 0 Å². The average molecular weight is 325 g/mol. The van der Waals surface area contributed by atoms with E-state index < -0.39 is 0 Å². The molecule has 2 nitrogen and oxygen atoms in total. The quantitative estimate of drug-likeness (QED) is 0.741. The third-order valence-electron chi connectivity index (χ3n) is 4.18. The summed E-state index contributed by atoms with van der Waals surface area (Å²) in [5, 5.41) is 1.03. The summed E-state index contributed by atoms with van der Waals surface area (Å²) in [5.41, 5.74) is 1.44. The van der Waals surface area contributed by atoms with Crippen LogP contribution in [-0.4, -0.2) is 54.9 Å². The van der Waals surface area contributed by atoms with Crippen LogP contribution >= 0.6 is 15.9 Å². The first-order valence-corrected chi connectivity index (χ1v) is 8.32. The van der Waals surface area contributed by atoms with Crippen LogP contribution in [0.25, 0.3) is 0 Å². The Hall–Kier alpha value is -0.380. The van der Waals surface area contributed by atoms with Crippen LogP contribution in [0.3, 0.4) is 0 Å². The molecule has 1 aromatic carbocycles. The molecule has 0 spiro atoms. The van der Waals surface area contributed by atoms with Crippen molar-refractivity contribution in [2.45, 2.75) is 24.8 Å². The Bertz CT molecular complexity index is 368. The largest absolute Gasteiger partial charge is 0.304 e. The molecule has 0 aromatic heterocycles. The van der Waals surface area contributed by atoms with Crippen molar-refractivity contribution in [2.75, 3.05) is 39.1 Å². The number of likely N-dealkylation sites (N-methyl/N-ethyl adjacent to an activating group) is 2. The summed E-state index contributed by atoms with van der Waals surface area (Å²) in [6.45, 7) is 3.57. The lowest BCUT2D eigenvalue weighted by Gasteiger charge is -2.28. The lowest BCUT2D eigenvalue weighted by Crippen LogP contribution is -2.38. The number of nitrogens with zero attached hydrogens (tertiary/aromatic N) is 2. The van der Waals surface area contributed by atoms with E-state index in [0.29, 0.717) is 5.92 Å². The molecular formula is C16H25BrN2. The molecule has 0 N–H and O–H groups in total. The fraction of sp³-hybridized carbons (Fsp3) is 0.625. The Morgan fingerprint density at radius 3 is 2.68 bits per heavy atom. The summed E-state index contributed by atoms with van der Waals surface area (Å²) < 4.78 is 0. The van der Waals surface area contributed by atoms with Gasteiger partial charge in [-0.05, 0) is 39.0 Å². The number of rotatable bonds is 6. The van der Waals surface area contributed by atoms with Gasteiger partial charge in [0.25, 0.3) is 0 Å². The monoisotopic (exact) mass is 324 g/mol. The van der Waals surface area contributed by atoms with E-state index in [9.17, 15) is 0 Å². The first-order chi connectivity index (χ1) is 9.20. The van der Waals surface area contributed by atoms with Gasteiger partial charge in [-0.25, -0.2) is 0 Å². The molecule has 0 amide bonds. The second kappa shape index (κ2) is 7.41. The first-order valence-electron chi connectivity index (χ1n) is 7.20. The number of benzene rings is 1. The van der Waals surface area contributed by atoms with Gasteiger partial charge in [-0.3, -0.25) is 0 Å². The van der Waals surface area contributed by atoms with Crippen LogP contribution in [0.2, 0.25) is 0 Å². The van der Waals surface area contributed by atoms with Gasteiger partial charge < -0.3 is 9.80 Å². The third-order valence-corrected chi connectivity index (χ3v) is 4.96. The number of hydrogen-bond acceptors (Lipinski definition) is 2. The van der Waals surface area contributed by atoms with Crippen molar-refractivity contribution in [3.63, 3.8) is 0 Å². The molecule has 2 atom stereocenters.